The summed E-state index contributed by atoms with van der Waals surface area (Å²) in [6, 6.07) is 9.16. The lowest BCUT2D eigenvalue weighted by molar-refractivity contribution is 0.415. The summed E-state index contributed by atoms with van der Waals surface area (Å²) in [4.78, 5) is 17.1. The summed E-state index contributed by atoms with van der Waals surface area (Å²) in [5.74, 6) is 2.24. The van der Waals surface area contributed by atoms with Gasteiger partial charge < -0.3 is 21.1 Å². The van der Waals surface area contributed by atoms with Gasteiger partial charge in [-0.3, -0.25) is 0 Å². The van der Waals surface area contributed by atoms with Crippen molar-refractivity contribution in [2.75, 3.05) is 23.5 Å². The van der Waals surface area contributed by atoms with Gasteiger partial charge in [0.05, 0.1) is 22.3 Å². The van der Waals surface area contributed by atoms with Crippen LogP contribution in [0.15, 0.2) is 42.9 Å². The lowest BCUT2D eigenvalue weighted by atomic mass is 10.3. The highest BCUT2D eigenvalue weighted by molar-refractivity contribution is 7.22. The Hall–Kier alpha value is -3.17. The van der Waals surface area contributed by atoms with Crippen molar-refractivity contribution in [2.24, 2.45) is 0 Å². The number of rotatable bonds is 5. The predicted molar refractivity (Wildman–Crippen MR) is 108 cm³/mol. The van der Waals surface area contributed by atoms with Gasteiger partial charge >= 0.3 is 0 Å². The Morgan fingerprint density at radius 2 is 1.89 bits per heavy atom. The average Bonchev–Trinajstić information content (AvgIpc) is 3.08. The molecule has 3 aromatic heterocycles. The normalized spacial score (nSPS) is 10.7. The van der Waals surface area contributed by atoms with Gasteiger partial charge in [-0.2, -0.15) is 0 Å². The van der Waals surface area contributed by atoms with E-state index >= 15 is 0 Å². The van der Waals surface area contributed by atoms with Crippen LogP contribution in [-0.2, 0) is 0 Å². The number of thiazole rings is 1. The number of ether oxygens (including phenoxy) is 1. The van der Waals surface area contributed by atoms with Crippen molar-refractivity contribution in [3.8, 4) is 5.75 Å². The minimum absolute atomic E-state index is 0.353. The molecule has 0 saturated carbocycles. The second-order valence-electron chi connectivity index (χ2n) is 5.45. The molecular weight excluding hydrogens is 386 g/mol. The molecule has 27 heavy (non-hydrogen) atoms. The fourth-order valence-electron chi connectivity index (χ4n) is 2.35. The Labute approximate surface area is 163 Å². The molecule has 3 heterocycles. The van der Waals surface area contributed by atoms with Gasteiger partial charge in [0.25, 0.3) is 0 Å². The largest absolute Gasteiger partial charge is 0.497 e. The van der Waals surface area contributed by atoms with E-state index in [2.05, 4.69) is 30.6 Å². The number of aromatic nitrogens is 4. The highest BCUT2D eigenvalue weighted by Crippen LogP contribution is 2.33. The summed E-state index contributed by atoms with van der Waals surface area (Å²) in [5.41, 5.74) is 7.42. The second-order valence-corrected chi connectivity index (χ2v) is 6.92. The molecule has 0 fully saturated rings. The predicted octanol–water partition coefficient (Wildman–Crippen LogP) is 4.21. The Balaban J connectivity index is 1.59. The highest BCUT2D eigenvalue weighted by Gasteiger charge is 2.12. The monoisotopic (exact) mass is 399 g/mol. The topological polar surface area (TPSA) is 111 Å². The Bertz CT molecular complexity index is 1100. The standard InChI is InChI=1S/C17H14ClN7OS/c1-26-10-3-4-11-12(6-10)27-17(23-11)25-16-14(19)15(21-8-22-16)24-13-5-2-9(18)7-20-13/h2-8H,19H2,1H3,(H2,20,21,22,23,24,25). The van der Waals surface area contributed by atoms with Crippen molar-refractivity contribution in [3.05, 3.63) is 47.9 Å². The van der Waals surface area contributed by atoms with E-state index in [4.69, 9.17) is 22.1 Å². The third kappa shape index (κ3) is 3.69. The molecular formula is C17H14ClN7OS. The minimum atomic E-state index is 0.353. The summed E-state index contributed by atoms with van der Waals surface area (Å²) in [6.07, 6.45) is 2.95. The molecule has 0 atom stereocenters. The molecule has 4 N–H and O–H groups in total. The second kappa shape index (κ2) is 7.22. The van der Waals surface area contributed by atoms with Crippen molar-refractivity contribution in [2.45, 2.75) is 0 Å². The number of nitrogens with zero attached hydrogens (tertiary/aromatic N) is 4. The first kappa shape index (κ1) is 17.3. The molecule has 10 heteroatoms. The molecule has 0 amide bonds. The van der Waals surface area contributed by atoms with Crippen LogP contribution in [0.3, 0.4) is 0 Å². The maximum Gasteiger partial charge on any atom is 0.189 e. The van der Waals surface area contributed by atoms with Gasteiger partial charge in [-0.05, 0) is 30.3 Å². The van der Waals surface area contributed by atoms with Crippen LogP contribution in [0.1, 0.15) is 0 Å². The quantitative estimate of drug-likeness (QED) is 0.457. The summed E-state index contributed by atoms with van der Waals surface area (Å²) >= 11 is 7.33. The van der Waals surface area contributed by atoms with Crippen LogP contribution >= 0.6 is 22.9 Å². The molecule has 4 aromatic rings. The smallest absolute Gasteiger partial charge is 0.189 e. The van der Waals surface area contributed by atoms with Gasteiger partial charge in [0.2, 0.25) is 0 Å². The molecule has 8 nitrogen and oxygen atoms in total. The van der Waals surface area contributed by atoms with Gasteiger partial charge in [0.1, 0.15) is 23.6 Å². The number of nitrogens with two attached hydrogens (primary N) is 1. The lowest BCUT2D eigenvalue weighted by Gasteiger charge is -2.10. The average molecular weight is 400 g/mol. The van der Waals surface area contributed by atoms with Crippen LogP contribution in [0.25, 0.3) is 10.2 Å². The molecule has 0 spiro atoms. The minimum Gasteiger partial charge on any atom is -0.497 e. The van der Waals surface area contributed by atoms with E-state index in [1.807, 2.05) is 18.2 Å². The van der Waals surface area contributed by atoms with E-state index in [9.17, 15) is 0 Å². The van der Waals surface area contributed by atoms with Crippen molar-refractivity contribution in [3.63, 3.8) is 0 Å². The zero-order valence-electron chi connectivity index (χ0n) is 14.1. The number of nitrogen functional groups attached to an aromatic ring is 1. The number of anilines is 5. The maximum absolute atomic E-state index is 6.20. The fourth-order valence-corrected chi connectivity index (χ4v) is 3.36. The van der Waals surface area contributed by atoms with Crippen LogP contribution in [0.2, 0.25) is 5.02 Å². The SMILES string of the molecule is COc1ccc2nc(Nc3ncnc(Nc4ccc(Cl)cn4)c3N)sc2c1. The highest BCUT2D eigenvalue weighted by atomic mass is 35.5. The summed E-state index contributed by atoms with van der Waals surface area (Å²) < 4.78 is 6.24. The fraction of sp³-hybridized carbons (Fsp3) is 0.0588. The molecule has 0 radical (unpaired) electrons. The van der Waals surface area contributed by atoms with Gasteiger partial charge in [-0.15, -0.1) is 0 Å². The van der Waals surface area contributed by atoms with Crippen molar-refractivity contribution >= 4 is 61.4 Å². The first-order valence-electron chi connectivity index (χ1n) is 7.83. The molecule has 0 aliphatic heterocycles. The van der Waals surface area contributed by atoms with E-state index in [0.29, 0.717) is 33.3 Å². The summed E-state index contributed by atoms with van der Waals surface area (Å²) in [7, 11) is 1.63. The molecule has 136 valence electrons. The number of hydrogen-bond acceptors (Lipinski definition) is 9. The van der Waals surface area contributed by atoms with E-state index in [1.165, 1.54) is 23.9 Å². The van der Waals surface area contributed by atoms with E-state index < -0.39 is 0 Å². The molecule has 0 aliphatic carbocycles. The number of pyridine rings is 1. The van der Waals surface area contributed by atoms with Gasteiger partial charge in [-0.1, -0.05) is 22.9 Å². The van der Waals surface area contributed by atoms with Gasteiger partial charge in [-0.25, -0.2) is 19.9 Å². The van der Waals surface area contributed by atoms with E-state index in [0.717, 1.165) is 16.0 Å². The third-order valence-corrected chi connectivity index (χ3v) is 4.84. The molecule has 0 bridgehead atoms. The molecule has 0 unspecified atom stereocenters. The zero-order chi connectivity index (χ0) is 18.8. The first-order chi connectivity index (χ1) is 13.1. The molecule has 4 rings (SSSR count). The number of benzene rings is 1. The van der Waals surface area contributed by atoms with Crippen LogP contribution in [0.5, 0.6) is 5.75 Å². The van der Waals surface area contributed by atoms with Crippen molar-refractivity contribution in [1.29, 1.82) is 0 Å². The van der Waals surface area contributed by atoms with Gasteiger partial charge in [0, 0.05) is 6.20 Å². The third-order valence-electron chi connectivity index (χ3n) is 3.68. The van der Waals surface area contributed by atoms with Crippen molar-refractivity contribution < 1.29 is 4.74 Å². The molecule has 0 aliphatic rings. The Morgan fingerprint density at radius 3 is 2.63 bits per heavy atom. The number of hydrogen-bond donors (Lipinski definition) is 3. The number of methoxy groups -OCH3 is 1. The van der Waals surface area contributed by atoms with Crippen molar-refractivity contribution in [1.82, 2.24) is 19.9 Å². The zero-order valence-corrected chi connectivity index (χ0v) is 15.7. The van der Waals surface area contributed by atoms with Gasteiger partial charge in [0.15, 0.2) is 16.8 Å². The number of fused-ring (bicyclic) bond motifs is 1. The molecule has 0 saturated heterocycles. The Kier molecular flexibility index (Phi) is 4.61. The number of nitrogens with one attached hydrogen (secondary N) is 2. The number of halogens is 1. The van der Waals surface area contributed by atoms with E-state index in [1.54, 1.807) is 19.2 Å². The van der Waals surface area contributed by atoms with E-state index in [-0.39, 0.29) is 0 Å². The van der Waals surface area contributed by atoms with Crippen LogP contribution in [0.4, 0.5) is 28.3 Å². The lowest BCUT2D eigenvalue weighted by Crippen LogP contribution is -2.05. The van der Waals surface area contributed by atoms with Crippen LogP contribution in [0, 0.1) is 0 Å². The Morgan fingerprint density at radius 1 is 1.07 bits per heavy atom. The summed E-state index contributed by atoms with van der Waals surface area (Å²) in [6.45, 7) is 0. The van der Waals surface area contributed by atoms with Crippen LogP contribution < -0.4 is 21.1 Å². The molecule has 1 aromatic carbocycles. The maximum atomic E-state index is 6.20. The summed E-state index contributed by atoms with van der Waals surface area (Å²) in [5, 5.41) is 7.40. The first-order valence-corrected chi connectivity index (χ1v) is 9.02. The van der Waals surface area contributed by atoms with Crippen LogP contribution in [-0.4, -0.2) is 27.0 Å².